The molecule has 1 aliphatic rings. The largest absolute Gasteiger partial charge is 0.363 e. The lowest BCUT2D eigenvalue weighted by atomic mass is 10.1. The highest BCUT2D eigenvalue weighted by Crippen LogP contribution is 2.38. The summed E-state index contributed by atoms with van der Waals surface area (Å²) in [5.41, 5.74) is 2.64. The molecule has 0 spiro atoms. The van der Waals surface area contributed by atoms with Gasteiger partial charge in [0.1, 0.15) is 17.0 Å². The van der Waals surface area contributed by atoms with Gasteiger partial charge in [-0.3, -0.25) is 4.98 Å². The summed E-state index contributed by atoms with van der Waals surface area (Å²) < 4.78 is 0. The molecule has 4 rings (SSSR count). The van der Waals surface area contributed by atoms with E-state index in [0.717, 1.165) is 17.1 Å². The number of fused-ring (bicyclic) bond motifs is 3. The molecule has 1 N–H and O–H groups in total. The summed E-state index contributed by atoms with van der Waals surface area (Å²) in [6, 6.07) is 4.24. The molecule has 0 radical (unpaired) electrons. The van der Waals surface area contributed by atoms with E-state index in [1.807, 2.05) is 23.6 Å². The van der Waals surface area contributed by atoms with Crippen molar-refractivity contribution in [3.63, 3.8) is 0 Å². The average molecular weight is 324 g/mol. The third kappa shape index (κ3) is 2.81. The van der Waals surface area contributed by atoms with Gasteiger partial charge in [-0.2, -0.15) is 0 Å². The van der Waals surface area contributed by atoms with E-state index in [9.17, 15) is 0 Å². The fraction of sp³-hybridized carbons (Fsp3) is 0.389. The van der Waals surface area contributed by atoms with Crippen LogP contribution in [0, 0.1) is 0 Å². The zero-order valence-electron chi connectivity index (χ0n) is 13.2. The molecule has 1 aliphatic carbocycles. The molecule has 4 nitrogen and oxygen atoms in total. The second kappa shape index (κ2) is 6.24. The zero-order chi connectivity index (χ0) is 15.6. The van der Waals surface area contributed by atoms with Gasteiger partial charge in [0.15, 0.2) is 0 Å². The minimum Gasteiger partial charge on any atom is -0.363 e. The van der Waals surface area contributed by atoms with Crippen molar-refractivity contribution >= 4 is 27.4 Å². The van der Waals surface area contributed by atoms with Gasteiger partial charge in [0, 0.05) is 17.3 Å². The highest BCUT2D eigenvalue weighted by atomic mass is 32.1. The first-order chi connectivity index (χ1) is 11.3. The SMILES string of the molecule is C[C@H](Nc1ncnc2sc3c(c12)CCCCC3)c1cccnc1. The molecule has 0 amide bonds. The topological polar surface area (TPSA) is 50.7 Å². The summed E-state index contributed by atoms with van der Waals surface area (Å²) >= 11 is 1.85. The standard InChI is InChI=1S/C18H20N4S/c1-12(13-6-5-9-19-10-13)22-17-16-14-7-3-2-4-8-15(14)23-18(16)21-11-20-17/h5-6,9-12H,2-4,7-8H2,1H3,(H,20,21,22)/t12-/m0/s1. The molecule has 5 heteroatoms. The van der Waals surface area contributed by atoms with Gasteiger partial charge in [0.05, 0.1) is 11.4 Å². The maximum Gasteiger partial charge on any atom is 0.138 e. The third-order valence-electron chi connectivity index (χ3n) is 4.54. The fourth-order valence-electron chi connectivity index (χ4n) is 3.30. The van der Waals surface area contributed by atoms with E-state index in [-0.39, 0.29) is 6.04 Å². The molecule has 0 unspecified atom stereocenters. The highest BCUT2D eigenvalue weighted by molar-refractivity contribution is 7.18. The fourth-order valence-corrected chi connectivity index (χ4v) is 4.53. The Morgan fingerprint density at radius 1 is 1.17 bits per heavy atom. The monoisotopic (exact) mass is 324 g/mol. The van der Waals surface area contributed by atoms with Gasteiger partial charge in [-0.25, -0.2) is 9.97 Å². The van der Waals surface area contributed by atoms with Gasteiger partial charge in [-0.05, 0) is 49.8 Å². The second-order valence-corrected chi connectivity index (χ2v) is 7.20. The van der Waals surface area contributed by atoms with E-state index >= 15 is 0 Å². The molecule has 0 fully saturated rings. The van der Waals surface area contributed by atoms with Crippen LogP contribution in [-0.2, 0) is 12.8 Å². The first kappa shape index (κ1) is 14.6. The van der Waals surface area contributed by atoms with Crippen LogP contribution < -0.4 is 5.32 Å². The van der Waals surface area contributed by atoms with Crippen LogP contribution in [-0.4, -0.2) is 15.0 Å². The smallest absolute Gasteiger partial charge is 0.138 e. The van der Waals surface area contributed by atoms with Crippen LogP contribution >= 0.6 is 11.3 Å². The van der Waals surface area contributed by atoms with Gasteiger partial charge >= 0.3 is 0 Å². The van der Waals surface area contributed by atoms with Crippen molar-refractivity contribution < 1.29 is 0 Å². The zero-order valence-corrected chi connectivity index (χ0v) is 14.1. The van der Waals surface area contributed by atoms with E-state index in [1.165, 1.54) is 47.1 Å². The highest BCUT2D eigenvalue weighted by Gasteiger charge is 2.19. The van der Waals surface area contributed by atoms with Gasteiger partial charge in [0.25, 0.3) is 0 Å². The molecule has 23 heavy (non-hydrogen) atoms. The number of nitrogens with one attached hydrogen (secondary N) is 1. The Balaban J connectivity index is 1.73. The van der Waals surface area contributed by atoms with Crippen molar-refractivity contribution in [1.82, 2.24) is 15.0 Å². The first-order valence-corrected chi connectivity index (χ1v) is 9.06. The number of aryl methyl sites for hydroxylation is 2. The summed E-state index contributed by atoms with van der Waals surface area (Å²) in [4.78, 5) is 15.9. The maximum absolute atomic E-state index is 4.55. The number of aromatic nitrogens is 3. The van der Waals surface area contributed by atoms with E-state index in [2.05, 4.69) is 33.3 Å². The normalized spacial score (nSPS) is 15.9. The Kier molecular flexibility index (Phi) is 3.95. The molecular weight excluding hydrogens is 304 g/mol. The van der Waals surface area contributed by atoms with Crippen LogP contribution in [0.15, 0.2) is 30.9 Å². The summed E-state index contributed by atoms with van der Waals surface area (Å²) in [7, 11) is 0. The van der Waals surface area contributed by atoms with E-state index in [0.29, 0.717) is 0 Å². The van der Waals surface area contributed by atoms with E-state index in [1.54, 1.807) is 12.5 Å². The Bertz CT molecular complexity index is 813. The maximum atomic E-state index is 4.55. The van der Waals surface area contributed by atoms with Crippen LogP contribution in [0.2, 0.25) is 0 Å². The number of pyridine rings is 1. The Morgan fingerprint density at radius 3 is 2.96 bits per heavy atom. The van der Waals surface area contributed by atoms with Crippen LogP contribution in [0.1, 0.15) is 48.2 Å². The molecule has 0 aliphatic heterocycles. The van der Waals surface area contributed by atoms with Crippen LogP contribution in [0.3, 0.4) is 0 Å². The van der Waals surface area contributed by atoms with Crippen molar-refractivity contribution in [3.05, 3.63) is 46.9 Å². The van der Waals surface area contributed by atoms with E-state index < -0.39 is 0 Å². The molecule has 1 atom stereocenters. The van der Waals surface area contributed by atoms with Crippen molar-refractivity contribution in [2.45, 2.75) is 45.1 Å². The molecule has 0 saturated carbocycles. The number of anilines is 1. The van der Waals surface area contributed by atoms with Crippen molar-refractivity contribution in [2.24, 2.45) is 0 Å². The number of hydrogen-bond donors (Lipinski definition) is 1. The average Bonchev–Trinajstić information content (AvgIpc) is 2.78. The molecular formula is C18H20N4S. The molecule has 3 aromatic rings. The van der Waals surface area contributed by atoms with Gasteiger partial charge in [-0.15, -0.1) is 11.3 Å². The molecule has 0 bridgehead atoms. The number of nitrogens with zero attached hydrogens (tertiary/aromatic N) is 3. The third-order valence-corrected chi connectivity index (χ3v) is 5.74. The lowest BCUT2D eigenvalue weighted by molar-refractivity contribution is 0.713. The first-order valence-electron chi connectivity index (χ1n) is 8.24. The van der Waals surface area contributed by atoms with Gasteiger partial charge in [-0.1, -0.05) is 12.5 Å². The summed E-state index contributed by atoms with van der Waals surface area (Å²) in [6.45, 7) is 2.15. The molecule has 0 aromatic carbocycles. The van der Waals surface area contributed by atoms with Crippen LogP contribution in [0.5, 0.6) is 0 Å². The predicted octanol–water partition coefficient (Wildman–Crippen LogP) is 4.53. The Morgan fingerprint density at radius 2 is 2.09 bits per heavy atom. The minimum atomic E-state index is 0.170. The molecule has 118 valence electrons. The van der Waals surface area contributed by atoms with E-state index in [4.69, 9.17) is 0 Å². The van der Waals surface area contributed by atoms with Crippen LogP contribution in [0.25, 0.3) is 10.2 Å². The second-order valence-electron chi connectivity index (χ2n) is 6.12. The molecule has 0 saturated heterocycles. The Hall–Kier alpha value is -2.01. The van der Waals surface area contributed by atoms with Crippen molar-refractivity contribution in [3.8, 4) is 0 Å². The van der Waals surface area contributed by atoms with Crippen molar-refractivity contribution in [2.75, 3.05) is 5.32 Å². The lowest BCUT2D eigenvalue weighted by Gasteiger charge is -2.15. The summed E-state index contributed by atoms with van der Waals surface area (Å²) in [6.07, 6.45) is 11.6. The summed E-state index contributed by atoms with van der Waals surface area (Å²) in [5, 5.41) is 4.81. The van der Waals surface area contributed by atoms with Gasteiger partial charge < -0.3 is 5.32 Å². The number of rotatable bonds is 3. The minimum absolute atomic E-state index is 0.170. The van der Waals surface area contributed by atoms with Gasteiger partial charge in [0.2, 0.25) is 0 Å². The number of thiophene rings is 1. The molecule has 3 aromatic heterocycles. The quantitative estimate of drug-likeness (QED) is 0.719. The number of hydrogen-bond acceptors (Lipinski definition) is 5. The lowest BCUT2D eigenvalue weighted by Crippen LogP contribution is -2.09. The Labute approximate surface area is 140 Å². The van der Waals surface area contributed by atoms with Crippen molar-refractivity contribution in [1.29, 1.82) is 0 Å². The summed E-state index contributed by atoms with van der Waals surface area (Å²) in [5.74, 6) is 0.964. The predicted molar refractivity (Wildman–Crippen MR) is 94.9 cm³/mol. The molecule has 3 heterocycles. The van der Waals surface area contributed by atoms with Crippen LogP contribution in [0.4, 0.5) is 5.82 Å².